The van der Waals surface area contributed by atoms with Gasteiger partial charge in [-0.25, -0.2) is 4.79 Å². The van der Waals surface area contributed by atoms with Crippen LogP contribution in [0, 0.1) is 0 Å². The summed E-state index contributed by atoms with van der Waals surface area (Å²) >= 11 is 0. The van der Waals surface area contributed by atoms with Gasteiger partial charge in [-0.1, -0.05) is 12.8 Å². The molecule has 6 heteroatoms. The Morgan fingerprint density at radius 3 is 2.70 bits per heavy atom. The van der Waals surface area contributed by atoms with Gasteiger partial charge in [0.05, 0.1) is 12.1 Å². The van der Waals surface area contributed by atoms with Crippen LogP contribution in [-0.2, 0) is 9.53 Å². The van der Waals surface area contributed by atoms with Crippen LogP contribution in [0.4, 0.5) is 4.79 Å². The Balaban J connectivity index is 1.95. The number of nitrogens with one attached hydrogen (secondary N) is 2. The molecule has 6 nitrogen and oxygen atoms in total. The summed E-state index contributed by atoms with van der Waals surface area (Å²) < 4.78 is 5.51. The lowest BCUT2D eigenvalue weighted by Crippen LogP contribution is -2.46. The van der Waals surface area contributed by atoms with E-state index in [4.69, 9.17) is 9.84 Å². The number of carboxylic acids is 1. The van der Waals surface area contributed by atoms with Crippen molar-refractivity contribution >= 4 is 12.0 Å². The highest BCUT2D eigenvalue weighted by atomic mass is 16.5. The molecule has 0 aromatic heterocycles. The number of amides is 2. The summed E-state index contributed by atoms with van der Waals surface area (Å²) in [6.45, 7) is 3.37. The van der Waals surface area contributed by atoms with Crippen molar-refractivity contribution < 1.29 is 19.4 Å². The van der Waals surface area contributed by atoms with Crippen molar-refractivity contribution in [2.24, 2.45) is 0 Å². The fourth-order valence-electron chi connectivity index (χ4n) is 2.30. The lowest BCUT2D eigenvalue weighted by molar-refractivity contribution is -0.137. The second-order valence-corrected chi connectivity index (χ2v) is 5.30. The van der Waals surface area contributed by atoms with E-state index < -0.39 is 5.97 Å². The Hall–Kier alpha value is -1.30. The average molecular weight is 286 g/mol. The highest BCUT2D eigenvalue weighted by Crippen LogP contribution is 2.15. The van der Waals surface area contributed by atoms with Crippen molar-refractivity contribution in [3.05, 3.63) is 0 Å². The highest BCUT2D eigenvalue weighted by molar-refractivity contribution is 5.74. The lowest BCUT2D eigenvalue weighted by atomic mass is 10.1. The average Bonchev–Trinajstić information content (AvgIpc) is 2.91. The standard InChI is InChI=1S/C14H26N2O4/c1-11(12-7-6-10-20-12)16-14(19)15-9-5-3-2-4-8-13(17)18/h11-12H,2-10H2,1H3,(H,17,18)(H2,15,16,19). The van der Waals surface area contributed by atoms with Crippen LogP contribution in [0.1, 0.15) is 51.9 Å². The Morgan fingerprint density at radius 1 is 1.30 bits per heavy atom. The fraction of sp³-hybridized carbons (Fsp3) is 0.857. The summed E-state index contributed by atoms with van der Waals surface area (Å²) in [6, 6.07) is -0.119. The molecule has 2 unspecified atom stereocenters. The Morgan fingerprint density at radius 2 is 2.05 bits per heavy atom. The molecule has 116 valence electrons. The largest absolute Gasteiger partial charge is 0.481 e. The van der Waals surface area contributed by atoms with Gasteiger partial charge in [0.2, 0.25) is 0 Å². The van der Waals surface area contributed by atoms with Gasteiger partial charge in [0, 0.05) is 19.6 Å². The minimum Gasteiger partial charge on any atom is -0.481 e. The van der Waals surface area contributed by atoms with Crippen molar-refractivity contribution in [2.45, 2.75) is 64.0 Å². The topological polar surface area (TPSA) is 87.7 Å². The minimum atomic E-state index is -0.745. The van der Waals surface area contributed by atoms with Crippen LogP contribution in [0.15, 0.2) is 0 Å². The number of carbonyl (C=O) groups is 2. The molecule has 1 saturated heterocycles. The summed E-state index contributed by atoms with van der Waals surface area (Å²) in [5.74, 6) is -0.745. The van der Waals surface area contributed by atoms with Gasteiger partial charge in [0.25, 0.3) is 0 Å². The van der Waals surface area contributed by atoms with E-state index in [1.807, 2.05) is 6.92 Å². The summed E-state index contributed by atoms with van der Waals surface area (Å²) in [6.07, 6.45) is 5.85. The predicted molar refractivity (Wildman–Crippen MR) is 75.7 cm³/mol. The number of hydrogen-bond acceptors (Lipinski definition) is 3. The maximum Gasteiger partial charge on any atom is 0.315 e. The smallest absolute Gasteiger partial charge is 0.315 e. The van der Waals surface area contributed by atoms with Gasteiger partial charge in [-0.05, 0) is 32.6 Å². The first-order valence-electron chi connectivity index (χ1n) is 7.47. The maximum absolute atomic E-state index is 11.6. The first-order valence-corrected chi connectivity index (χ1v) is 7.47. The zero-order valence-electron chi connectivity index (χ0n) is 12.2. The number of urea groups is 1. The second-order valence-electron chi connectivity index (χ2n) is 5.30. The first-order chi connectivity index (χ1) is 9.59. The fourth-order valence-corrected chi connectivity index (χ4v) is 2.30. The first kappa shape index (κ1) is 16.8. The van der Waals surface area contributed by atoms with Gasteiger partial charge in [0.15, 0.2) is 0 Å². The molecular formula is C14H26N2O4. The monoisotopic (exact) mass is 286 g/mol. The van der Waals surface area contributed by atoms with Gasteiger partial charge in [-0.15, -0.1) is 0 Å². The van der Waals surface area contributed by atoms with Gasteiger partial charge < -0.3 is 20.5 Å². The molecule has 20 heavy (non-hydrogen) atoms. The molecule has 0 bridgehead atoms. The number of rotatable bonds is 9. The van der Waals surface area contributed by atoms with Crippen molar-refractivity contribution in [3.63, 3.8) is 0 Å². The number of ether oxygens (including phenoxy) is 1. The summed E-state index contributed by atoms with van der Waals surface area (Å²) in [5.41, 5.74) is 0. The van der Waals surface area contributed by atoms with E-state index in [2.05, 4.69) is 10.6 Å². The molecule has 0 saturated carbocycles. The van der Waals surface area contributed by atoms with Crippen molar-refractivity contribution in [3.8, 4) is 0 Å². The zero-order valence-corrected chi connectivity index (χ0v) is 12.2. The lowest BCUT2D eigenvalue weighted by Gasteiger charge is -2.20. The SMILES string of the molecule is CC(NC(=O)NCCCCCCC(=O)O)C1CCCO1. The molecule has 0 aliphatic carbocycles. The van der Waals surface area contributed by atoms with Crippen LogP contribution >= 0.6 is 0 Å². The normalized spacial score (nSPS) is 19.6. The molecule has 2 atom stereocenters. The van der Waals surface area contributed by atoms with Crippen LogP contribution in [0.2, 0.25) is 0 Å². The van der Waals surface area contributed by atoms with E-state index in [9.17, 15) is 9.59 Å². The van der Waals surface area contributed by atoms with Crippen LogP contribution in [0.5, 0.6) is 0 Å². The van der Waals surface area contributed by atoms with Gasteiger partial charge in [0.1, 0.15) is 0 Å². The van der Waals surface area contributed by atoms with Crippen molar-refractivity contribution in [2.75, 3.05) is 13.2 Å². The molecule has 2 amide bonds. The molecule has 1 aliphatic heterocycles. The van der Waals surface area contributed by atoms with E-state index in [0.717, 1.165) is 38.7 Å². The quantitative estimate of drug-likeness (QED) is 0.565. The Kier molecular flexibility index (Phi) is 8.02. The summed E-state index contributed by atoms with van der Waals surface area (Å²) in [7, 11) is 0. The van der Waals surface area contributed by atoms with Crippen molar-refractivity contribution in [1.29, 1.82) is 0 Å². The molecule has 3 N–H and O–H groups in total. The van der Waals surface area contributed by atoms with E-state index in [1.165, 1.54) is 0 Å². The number of hydrogen-bond donors (Lipinski definition) is 3. The zero-order chi connectivity index (χ0) is 14.8. The van der Waals surface area contributed by atoms with Gasteiger partial charge >= 0.3 is 12.0 Å². The van der Waals surface area contributed by atoms with Crippen LogP contribution in [0.25, 0.3) is 0 Å². The van der Waals surface area contributed by atoms with Crippen molar-refractivity contribution in [1.82, 2.24) is 10.6 Å². The Labute approximate surface area is 120 Å². The molecule has 1 heterocycles. The van der Waals surface area contributed by atoms with Crippen LogP contribution in [-0.4, -0.2) is 42.4 Å². The summed E-state index contributed by atoms with van der Waals surface area (Å²) in [5, 5.41) is 14.2. The number of carboxylic acid groups (broad SMARTS) is 1. The highest BCUT2D eigenvalue weighted by Gasteiger charge is 2.23. The molecular weight excluding hydrogens is 260 g/mol. The van der Waals surface area contributed by atoms with E-state index in [1.54, 1.807) is 0 Å². The molecule has 0 radical (unpaired) electrons. The third-order valence-electron chi connectivity index (χ3n) is 3.48. The maximum atomic E-state index is 11.6. The molecule has 1 rings (SSSR count). The number of aliphatic carboxylic acids is 1. The number of carbonyl (C=O) groups excluding carboxylic acids is 1. The molecule has 1 fully saturated rings. The molecule has 0 aromatic rings. The predicted octanol–water partition coefficient (Wildman–Crippen LogP) is 1.89. The Bertz CT molecular complexity index is 304. The van der Waals surface area contributed by atoms with E-state index in [0.29, 0.717) is 13.0 Å². The second kappa shape index (κ2) is 9.58. The van der Waals surface area contributed by atoms with Gasteiger partial charge in [-0.2, -0.15) is 0 Å². The third kappa shape index (κ3) is 7.33. The molecule has 0 aromatic carbocycles. The molecule has 1 aliphatic rings. The van der Waals surface area contributed by atoms with Crippen LogP contribution < -0.4 is 10.6 Å². The van der Waals surface area contributed by atoms with E-state index >= 15 is 0 Å². The van der Waals surface area contributed by atoms with Crippen LogP contribution in [0.3, 0.4) is 0 Å². The van der Waals surface area contributed by atoms with Gasteiger partial charge in [-0.3, -0.25) is 4.79 Å². The third-order valence-corrected chi connectivity index (χ3v) is 3.48. The molecule has 0 spiro atoms. The minimum absolute atomic E-state index is 0.0352. The number of unbranched alkanes of at least 4 members (excludes halogenated alkanes) is 3. The summed E-state index contributed by atoms with van der Waals surface area (Å²) in [4.78, 5) is 21.9. The van der Waals surface area contributed by atoms with E-state index in [-0.39, 0.29) is 24.6 Å².